The molecule has 0 radical (unpaired) electrons. The molecule has 2 rings (SSSR count). The zero-order valence-corrected chi connectivity index (χ0v) is 7.02. The van der Waals surface area contributed by atoms with Crippen molar-refractivity contribution in [3.63, 3.8) is 0 Å². The highest BCUT2D eigenvalue weighted by atomic mass is 16.4. The predicted octanol–water partition coefficient (Wildman–Crippen LogP) is 0.621. The van der Waals surface area contributed by atoms with E-state index in [2.05, 4.69) is 9.97 Å². The normalized spacial score (nSPS) is 10.3. The summed E-state index contributed by atoms with van der Waals surface area (Å²) in [6.07, 6.45) is 1.49. The maximum absolute atomic E-state index is 11.2. The molecule has 5 heteroatoms. The van der Waals surface area contributed by atoms with Gasteiger partial charge in [0.1, 0.15) is 11.2 Å². The fourth-order valence-electron chi connectivity index (χ4n) is 1.18. The maximum Gasteiger partial charge on any atom is 0.354 e. The Balaban J connectivity index is 2.83. The lowest BCUT2D eigenvalue weighted by molar-refractivity contribution is 0.0691. The number of H-pyrrole nitrogens is 1. The highest BCUT2D eigenvalue weighted by Gasteiger charge is 2.06. The number of carboxylic acids is 1. The van der Waals surface area contributed by atoms with Crippen molar-refractivity contribution < 1.29 is 9.90 Å². The Labute approximate surface area is 78.0 Å². The van der Waals surface area contributed by atoms with E-state index in [0.717, 1.165) is 0 Å². The number of pyridine rings is 2. The molecule has 0 aromatic carbocycles. The molecule has 0 saturated heterocycles. The van der Waals surface area contributed by atoms with E-state index in [9.17, 15) is 9.59 Å². The van der Waals surface area contributed by atoms with Crippen molar-refractivity contribution in [3.8, 4) is 0 Å². The van der Waals surface area contributed by atoms with Gasteiger partial charge < -0.3 is 10.1 Å². The monoisotopic (exact) mass is 190 g/mol. The van der Waals surface area contributed by atoms with Crippen LogP contribution in [0.4, 0.5) is 0 Å². The van der Waals surface area contributed by atoms with Gasteiger partial charge in [-0.3, -0.25) is 4.79 Å². The van der Waals surface area contributed by atoms with Crippen molar-refractivity contribution in [1.82, 2.24) is 9.97 Å². The molecule has 2 N–H and O–H groups in total. The van der Waals surface area contributed by atoms with E-state index in [1.54, 1.807) is 12.1 Å². The summed E-state index contributed by atoms with van der Waals surface area (Å²) >= 11 is 0. The van der Waals surface area contributed by atoms with E-state index >= 15 is 0 Å². The van der Waals surface area contributed by atoms with Crippen LogP contribution in [0.2, 0.25) is 0 Å². The van der Waals surface area contributed by atoms with Crippen LogP contribution in [0.1, 0.15) is 10.5 Å². The lowest BCUT2D eigenvalue weighted by Gasteiger charge is -1.96. The van der Waals surface area contributed by atoms with Gasteiger partial charge in [0.2, 0.25) is 0 Å². The zero-order chi connectivity index (χ0) is 10.1. The molecule has 0 saturated carbocycles. The number of aromatic amines is 1. The van der Waals surface area contributed by atoms with Gasteiger partial charge in [0, 0.05) is 11.6 Å². The van der Waals surface area contributed by atoms with Gasteiger partial charge in [-0.2, -0.15) is 0 Å². The van der Waals surface area contributed by atoms with Crippen LogP contribution in [0.3, 0.4) is 0 Å². The van der Waals surface area contributed by atoms with Crippen molar-refractivity contribution in [2.75, 3.05) is 0 Å². The van der Waals surface area contributed by atoms with E-state index in [1.807, 2.05) is 0 Å². The average molecular weight is 190 g/mol. The van der Waals surface area contributed by atoms with Gasteiger partial charge in [-0.05, 0) is 12.1 Å². The van der Waals surface area contributed by atoms with E-state index in [1.165, 1.54) is 12.3 Å². The Hall–Kier alpha value is -2.17. The molecule has 2 heterocycles. The number of carbonyl (C=O) groups is 1. The smallest absolute Gasteiger partial charge is 0.354 e. The molecular weight excluding hydrogens is 184 g/mol. The van der Waals surface area contributed by atoms with E-state index < -0.39 is 5.97 Å². The van der Waals surface area contributed by atoms with Gasteiger partial charge >= 0.3 is 5.97 Å². The van der Waals surface area contributed by atoms with Gasteiger partial charge in [0.25, 0.3) is 5.56 Å². The number of nitrogens with one attached hydrogen (secondary N) is 1. The maximum atomic E-state index is 11.2. The fourth-order valence-corrected chi connectivity index (χ4v) is 1.18. The quantitative estimate of drug-likeness (QED) is 0.690. The summed E-state index contributed by atoms with van der Waals surface area (Å²) in [6, 6.07) is 4.58. The molecule has 2 aromatic heterocycles. The average Bonchev–Trinajstić information content (AvgIpc) is 2.18. The van der Waals surface area contributed by atoms with Gasteiger partial charge in [0.15, 0.2) is 0 Å². The van der Waals surface area contributed by atoms with Crippen LogP contribution < -0.4 is 5.56 Å². The number of aromatic nitrogens is 2. The second-order valence-corrected chi connectivity index (χ2v) is 2.75. The third-order valence-corrected chi connectivity index (χ3v) is 1.84. The van der Waals surface area contributed by atoms with Gasteiger partial charge in [-0.15, -0.1) is 0 Å². The molecule has 70 valence electrons. The molecule has 0 unspecified atom stereocenters. The molecule has 0 aliphatic carbocycles. The minimum atomic E-state index is -1.14. The lowest BCUT2D eigenvalue weighted by Crippen LogP contribution is -2.09. The van der Waals surface area contributed by atoms with Crippen LogP contribution in [0, 0.1) is 0 Å². The van der Waals surface area contributed by atoms with Crippen LogP contribution in [0.15, 0.2) is 29.2 Å². The van der Waals surface area contributed by atoms with E-state index in [0.29, 0.717) is 5.39 Å². The number of carboxylic acid groups (broad SMARTS) is 1. The third kappa shape index (κ3) is 1.24. The second kappa shape index (κ2) is 2.95. The number of nitrogens with zero attached hydrogens (tertiary/aromatic N) is 1. The first-order valence-electron chi connectivity index (χ1n) is 3.90. The highest BCUT2D eigenvalue weighted by molar-refractivity contribution is 5.89. The first kappa shape index (κ1) is 8.43. The minimum Gasteiger partial charge on any atom is -0.477 e. The second-order valence-electron chi connectivity index (χ2n) is 2.75. The Bertz CT molecular complexity index is 559. The summed E-state index contributed by atoms with van der Waals surface area (Å²) in [5.41, 5.74) is -0.368. The zero-order valence-electron chi connectivity index (χ0n) is 7.02. The molecule has 2 aromatic rings. The number of hydrogen-bond donors (Lipinski definition) is 2. The highest BCUT2D eigenvalue weighted by Crippen LogP contribution is 2.06. The van der Waals surface area contributed by atoms with Crippen LogP contribution in [0.25, 0.3) is 10.9 Å². The molecular formula is C9H6N2O3. The summed E-state index contributed by atoms with van der Waals surface area (Å²) in [6.45, 7) is 0. The standard InChI is InChI=1S/C9H6N2O3/c12-8-7-5(3-4-10-8)1-2-6(11-7)9(13)14/h1-4H,(H,10,12)(H,13,14). The van der Waals surface area contributed by atoms with Gasteiger partial charge in [-0.1, -0.05) is 6.07 Å². The van der Waals surface area contributed by atoms with Crippen molar-refractivity contribution in [2.24, 2.45) is 0 Å². The lowest BCUT2D eigenvalue weighted by atomic mass is 10.2. The molecule has 0 aliphatic rings. The summed E-state index contributed by atoms with van der Waals surface area (Å²) in [7, 11) is 0. The molecule has 5 nitrogen and oxygen atoms in total. The van der Waals surface area contributed by atoms with Crippen molar-refractivity contribution >= 4 is 16.9 Å². The number of fused-ring (bicyclic) bond motifs is 1. The van der Waals surface area contributed by atoms with Gasteiger partial charge in [-0.25, -0.2) is 9.78 Å². The van der Waals surface area contributed by atoms with Crippen LogP contribution in [-0.4, -0.2) is 21.0 Å². The third-order valence-electron chi connectivity index (χ3n) is 1.84. The molecule has 0 fully saturated rings. The number of rotatable bonds is 1. The molecule has 14 heavy (non-hydrogen) atoms. The fraction of sp³-hybridized carbons (Fsp3) is 0. The minimum absolute atomic E-state index is 0.130. The van der Waals surface area contributed by atoms with E-state index in [-0.39, 0.29) is 16.8 Å². The SMILES string of the molecule is O=C(O)c1ccc2cc[nH]c(=O)c2n1. The molecule has 0 atom stereocenters. The molecule has 0 spiro atoms. The Morgan fingerprint density at radius 3 is 2.86 bits per heavy atom. The first-order valence-corrected chi connectivity index (χ1v) is 3.90. The number of hydrogen-bond acceptors (Lipinski definition) is 3. The largest absolute Gasteiger partial charge is 0.477 e. The molecule has 0 aliphatic heterocycles. The van der Waals surface area contributed by atoms with Crippen molar-refractivity contribution in [2.45, 2.75) is 0 Å². The summed E-state index contributed by atoms with van der Waals surface area (Å²) in [5, 5.41) is 9.28. The van der Waals surface area contributed by atoms with Crippen molar-refractivity contribution in [3.05, 3.63) is 40.4 Å². The summed E-state index contributed by atoms with van der Waals surface area (Å²) in [5.74, 6) is -1.14. The van der Waals surface area contributed by atoms with Crippen LogP contribution in [0.5, 0.6) is 0 Å². The van der Waals surface area contributed by atoms with E-state index in [4.69, 9.17) is 5.11 Å². The topological polar surface area (TPSA) is 83.0 Å². The van der Waals surface area contributed by atoms with Crippen LogP contribution >= 0.6 is 0 Å². The first-order chi connectivity index (χ1) is 6.68. The van der Waals surface area contributed by atoms with Crippen molar-refractivity contribution in [1.29, 1.82) is 0 Å². The Morgan fingerprint density at radius 1 is 1.36 bits per heavy atom. The molecule has 0 bridgehead atoms. The van der Waals surface area contributed by atoms with Gasteiger partial charge in [0.05, 0.1) is 0 Å². The summed E-state index contributed by atoms with van der Waals surface area (Å²) in [4.78, 5) is 28.0. The number of aromatic carboxylic acids is 1. The van der Waals surface area contributed by atoms with Crippen LogP contribution in [-0.2, 0) is 0 Å². The Morgan fingerprint density at radius 2 is 2.14 bits per heavy atom. The summed E-state index contributed by atoms with van der Waals surface area (Å²) < 4.78 is 0. The Kier molecular flexibility index (Phi) is 1.78. The predicted molar refractivity (Wildman–Crippen MR) is 49.3 cm³/mol. The molecule has 0 amide bonds.